The fraction of sp³-hybridized carbons (Fsp3) is 0.688. The maximum absolute atomic E-state index is 10.3. The Balaban J connectivity index is 3.20. The summed E-state index contributed by atoms with van der Waals surface area (Å²) in [6, 6.07) is 0. The number of carbonyl (C=O) groups is 1. The van der Waals surface area contributed by atoms with Gasteiger partial charge in [-0.2, -0.15) is 0 Å². The number of aliphatic carboxylic acids is 1. The van der Waals surface area contributed by atoms with Gasteiger partial charge in [0, 0.05) is 6.42 Å². The van der Waals surface area contributed by atoms with Crippen LogP contribution < -0.4 is 0 Å². The fourth-order valence-corrected chi connectivity index (χ4v) is 1.72. The van der Waals surface area contributed by atoms with Crippen molar-refractivity contribution >= 4 is 5.97 Å². The minimum Gasteiger partial charge on any atom is -0.481 e. The topological polar surface area (TPSA) is 37.3 Å². The van der Waals surface area contributed by atoms with E-state index in [2.05, 4.69) is 31.2 Å². The largest absolute Gasteiger partial charge is 0.481 e. The van der Waals surface area contributed by atoms with Gasteiger partial charge in [-0.25, -0.2) is 0 Å². The van der Waals surface area contributed by atoms with E-state index in [9.17, 15) is 4.79 Å². The highest BCUT2D eigenvalue weighted by Gasteiger charge is 1.92. The second-order valence-corrected chi connectivity index (χ2v) is 4.66. The van der Waals surface area contributed by atoms with E-state index < -0.39 is 5.97 Å². The van der Waals surface area contributed by atoms with Crippen molar-refractivity contribution in [3.05, 3.63) is 24.3 Å². The Morgan fingerprint density at radius 2 is 1.39 bits per heavy atom. The molecule has 18 heavy (non-hydrogen) atoms. The average Bonchev–Trinajstić information content (AvgIpc) is 2.34. The SMILES string of the molecule is CCCCCC/C=C\CC/C=C\CCCC(=O)O. The quantitative estimate of drug-likeness (QED) is 0.387. The van der Waals surface area contributed by atoms with E-state index in [-0.39, 0.29) is 6.42 Å². The predicted molar refractivity (Wildman–Crippen MR) is 77.8 cm³/mol. The molecular weight excluding hydrogens is 224 g/mol. The van der Waals surface area contributed by atoms with Crippen molar-refractivity contribution < 1.29 is 9.90 Å². The van der Waals surface area contributed by atoms with Gasteiger partial charge < -0.3 is 5.11 Å². The molecule has 0 bridgehead atoms. The molecule has 2 heteroatoms. The van der Waals surface area contributed by atoms with E-state index in [4.69, 9.17) is 5.11 Å². The normalized spacial score (nSPS) is 11.6. The first-order chi connectivity index (χ1) is 8.77. The van der Waals surface area contributed by atoms with Gasteiger partial charge in [-0.15, -0.1) is 0 Å². The maximum Gasteiger partial charge on any atom is 0.303 e. The molecule has 0 fully saturated rings. The van der Waals surface area contributed by atoms with Crippen LogP contribution in [0, 0.1) is 0 Å². The van der Waals surface area contributed by atoms with Gasteiger partial charge in [-0.05, 0) is 38.5 Å². The Labute approximate surface area is 112 Å². The molecule has 0 aromatic carbocycles. The van der Waals surface area contributed by atoms with Gasteiger partial charge in [0.05, 0.1) is 0 Å². The summed E-state index contributed by atoms with van der Waals surface area (Å²) in [7, 11) is 0. The van der Waals surface area contributed by atoms with E-state index >= 15 is 0 Å². The highest BCUT2D eigenvalue weighted by Crippen LogP contribution is 2.04. The minimum absolute atomic E-state index is 0.280. The lowest BCUT2D eigenvalue weighted by atomic mass is 10.1. The molecule has 0 saturated carbocycles. The summed E-state index contributed by atoms with van der Waals surface area (Å²) in [5, 5.41) is 8.46. The van der Waals surface area contributed by atoms with Crippen LogP contribution in [0.4, 0.5) is 0 Å². The highest BCUT2D eigenvalue weighted by atomic mass is 16.4. The van der Waals surface area contributed by atoms with Gasteiger partial charge in [0.15, 0.2) is 0 Å². The van der Waals surface area contributed by atoms with Gasteiger partial charge in [0.1, 0.15) is 0 Å². The summed E-state index contributed by atoms with van der Waals surface area (Å²) in [5.41, 5.74) is 0. The number of carboxylic acid groups (broad SMARTS) is 1. The zero-order valence-corrected chi connectivity index (χ0v) is 11.7. The maximum atomic E-state index is 10.3. The molecule has 0 radical (unpaired) electrons. The fourth-order valence-electron chi connectivity index (χ4n) is 1.72. The average molecular weight is 252 g/mol. The lowest BCUT2D eigenvalue weighted by Crippen LogP contribution is -1.92. The first-order valence-electron chi connectivity index (χ1n) is 7.29. The van der Waals surface area contributed by atoms with Crippen LogP contribution >= 0.6 is 0 Å². The van der Waals surface area contributed by atoms with Gasteiger partial charge in [-0.3, -0.25) is 4.79 Å². The van der Waals surface area contributed by atoms with Crippen LogP contribution in [-0.2, 0) is 4.79 Å². The number of hydrogen-bond acceptors (Lipinski definition) is 1. The molecule has 0 rings (SSSR count). The van der Waals surface area contributed by atoms with Crippen molar-refractivity contribution in [2.24, 2.45) is 0 Å². The molecule has 0 aliphatic heterocycles. The van der Waals surface area contributed by atoms with E-state index in [1.165, 1.54) is 32.1 Å². The second kappa shape index (κ2) is 14.0. The van der Waals surface area contributed by atoms with Crippen molar-refractivity contribution in [2.75, 3.05) is 0 Å². The summed E-state index contributed by atoms with van der Waals surface area (Å²) in [6.45, 7) is 2.23. The monoisotopic (exact) mass is 252 g/mol. The number of allylic oxidation sites excluding steroid dienone is 4. The Bertz CT molecular complexity index is 241. The molecule has 1 N–H and O–H groups in total. The summed E-state index contributed by atoms with van der Waals surface area (Å²) >= 11 is 0. The first kappa shape index (κ1) is 16.9. The molecule has 104 valence electrons. The second-order valence-electron chi connectivity index (χ2n) is 4.66. The standard InChI is InChI=1S/C16H28O2/c1-2-3-4-5-6-7-8-9-10-11-12-13-14-15-16(17)18/h7-8,11-12H,2-6,9-10,13-15H2,1H3,(H,17,18)/b8-7-,12-11-. The van der Waals surface area contributed by atoms with Crippen LogP contribution in [0.1, 0.15) is 71.1 Å². The number of unbranched alkanes of at least 4 members (excludes halogenated alkanes) is 6. The molecule has 2 nitrogen and oxygen atoms in total. The Morgan fingerprint density at radius 1 is 0.833 bits per heavy atom. The molecule has 0 amide bonds. The molecule has 0 aromatic heterocycles. The van der Waals surface area contributed by atoms with Crippen molar-refractivity contribution in [3.63, 3.8) is 0 Å². The molecule has 0 saturated heterocycles. The van der Waals surface area contributed by atoms with Gasteiger partial charge in [0.25, 0.3) is 0 Å². The zero-order valence-electron chi connectivity index (χ0n) is 11.7. The van der Waals surface area contributed by atoms with Crippen molar-refractivity contribution in [1.82, 2.24) is 0 Å². The third-order valence-corrected chi connectivity index (χ3v) is 2.82. The first-order valence-corrected chi connectivity index (χ1v) is 7.29. The summed E-state index contributed by atoms with van der Waals surface area (Å²) < 4.78 is 0. The van der Waals surface area contributed by atoms with Crippen molar-refractivity contribution in [3.8, 4) is 0 Å². The number of rotatable bonds is 12. The van der Waals surface area contributed by atoms with Crippen LogP contribution in [0.3, 0.4) is 0 Å². The molecular formula is C16H28O2. The van der Waals surface area contributed by atoms with E-state index in [0.29, 0.717) is 0 Å². The van der Waals surface area contributed by atoms with Crippen molar-refractivity contribution in [2.45, 2.75) is 71.1 Å². The Hall–Kier alpha value is -1.05. The third-order valence-electron chi connectivity index (χ3n) is 2.82. The third kappa shape index (κ3) is 14.9. The predicted octanol–water partition coefficient (Wildman–Crippen LogP) is 5.10. The van der Waals surface area contributed by atoms with Gasteiger partial charge in [-0.1, -0.05) is 50.5 Å². The lowest BCUT2D eigenvalue weighted by molar-refractivity contribution is -0.137. The lowest BCUT2D eigenvalue weighted by Gasteiger charge is -1.94. The van der Waals surface area contributed by atoms with E-state index in [1.54, 1.807) is 0 Å². The van der Waals surface area contributed by atoms with Crippen LogP contribution in [0.25, 0.3) is 0 Å². The Morgan fingerprint density at radius 3 is 1.94 bits per heavy atom. The molecule has 0 atom stereocenters. The summed E-state index contributed by atoms with van der Waals surface area (Å²) in [6.07, 6.45) is 19.4. The smallest absolute Gasteiger partial charge is 0.303 e. The summed E-state index contributed by atoms with van der Waals surface area (Å²) in [4.78, 5) is 10.3. The van der Waals surface area contributed by atoms with Crippen LogP contribution in [0.2, 0.25) is 0 Å². The molecule has 0 unspecified atom stereocenters. The molecule has 0 heterocycles. The molecule has 0 aliphatic carbocycles. The highest BCUT2D eigenvalue weighted by molar-refractivity contribution is 5.66. The van der Waals surface area contributed by atoms with Gasteiger partial charge in [0.2, 0.25) is 0 Å². The van der Waals surface area contributed by atoms with Crippen LogP contribution in [-0.4, -0.2) is 11.1 Å². The van der Waals surface area contributed by atoms with Gasteiger partial charge >= 0.3 is 5.97 Å². The zero-order chi connectivity index (χ0) is 13.5. The van der Waals surface area contributed by atoms with Crippen molar-refractivity contribution in [1.29, 1.82) is 0 Å². The summed E-state index contributed by atoms with van der Waals surface area (Å²) in [5.74, 6) is -0.700. The van der Waals surface area contributed by atoms with Crippen LogP contribution in [0.5, 0.6) is 0 Å². The molecule has 0 aliphatic rings. The molecule has 0 aromatic rings. The van der Waals surface area contributed by atoms with E-state index in [1.807, 2.05) is 0 Å². The molecule has 0 spiro atoms. The number of carboxylic acids is 1. The van der Waals surface area contributed by atoms with E-state index in [0.717, 1.165) is 25.7 Å². The van der Waals surface area contributed by atoms with Crippen LogP contribution in [0.15, 0.2) is 24.3 Å². The number of hydrogen-bond donors (Lipinski definition) is 1. The minimum atomic E-state index is -0.700. The Kier molecular flexibility index (Phi) is 13.2.